The highest BCUT2D eigenvalue weighted by molar-refractivity contribution is 6.31. The molecule has 0 bridgehead atoms. The van der Waals surface area contributed by atoms with Crippen LogP contribution in [0.1, 0.15) is 30.9 Å². The topological polar surface area (TPSA) is 50.7 Å². The molecule has 3 rings (SSSR count). The summed E-state index contributed by atoms with van der Waals surface area (Å²) in [5.41, 5.74) is 0.792. The largest absolute Gasteiger partial charge is 0.351 e. The lowest BCUT2D eigenvalue weighted by Gasteiger charge is -2.31. The summed E-state index contributed by atoms with van der Waals surface area (Å²) >= 11 is 0. The number of anilines is 1. The minimum atomic E-state index is -1.01. The van der Waals surface area contributed by atoms with Crippen molar-refractivity contribution in [3.63, 3.8) is 0 Å². The van der Waals surface area contributed by atoms with E-state index in [9.17, 15) is 8.78 Å². The predicted molar refractivity (Wildman–Crippen MR) is 80.5 cm³/mol. The van der Waals surface area contributed by atoms with Crippen LogP contribution < -0.4 is 10.8 Å². The van der Waals surface area contributed by atoms with Gasteiger partial charge in [-0.1, -0.05) is 5.46 Å². The Labute approximate surface area is 128 Å². The van der Waals surface area contributed by atoms with Crippen molar-refractivity contribution in [1.82, 2.24) is 15.0 Å². The van der Waals surface area contributed by atoms with Gasteiger partial charge in [0.05, 0.1) is 5.69 Å². The highest BCUT2D eigenvalue weighted by Gasteiger charge is 2.32. The van der Waals surface area contributed by atoms with E-state index in [1.165, 1.54) is 30.7 Å². The first-order chi connectivity index (χ1) is 10.6. The van der Waals surface area contributed by atoms with Gasteiger partial charge in [-0.25, -0.2) is 18.7 Å². The summed E-state index contributed by atoms with van der Waals surface area (Å²) in [5, 5.41) is 3.09. The number of pyridine rings is 1. The van der Waals surface area contributed by atoms with Gasteiger partial charge in [0.25, 0.3) is 0 Å². The summed E-state index contributed by atoms with van der Waals surface area (Å²) in [6.07, 6.45) is 4.72. The SMILES string of the molecule is [B]c1cnc(N[C@@H]2CC(c3ncccc3F)C[C@H](F)C2)nc1. The summed E-state index contributed by atoms with van der Waals surface area (Å²) in [6, 6.07) is 2.72. The molecule has 1 aliphatic carbocycles. The molecule has 0 aromatic carbocycles. The first-order valence-electron chi connectivity index (χ1n) is 7.20. The minimum Gasteiger partial charge on any atom is -0.351 e. The van der Waals surface area contributed by atoms with Crippen molar-refractivity contribution in [3.05, 3.63) is 42.2 Å². The molecule has 0 amide bonds. The third kappa shape index (κ3) is 3.40. The molecule has 0 saturated heterocycles. The third-order valence-electron chi connectivity index (χ3n) is 3.83. The summed E-state index contributed by atoms with van der Waals surface area (Å²) in [5.74, 6) is -0.242. The Morgan fingerprint density at radius 2 is 1.91 bits per heavy atom. The van der Waals surface area contributed by atoms with Gasteiger partial charge in [0.2, 0.25) is 5.95 Å². The number of aromatic nitrogens is 3. The van der Waals surface area contributed by atoms with Crippen molar-refractivity contribution in [3.8, 4) is 0 Å². The first-order valence-corrected chi connectivity index (χ1v) is 7.20. The molecule has 7 heteroatoms. The molecule has 1 aliphatic rings. The molecule has 0 aliphatic heterocycles. The van der Waals surface area contributed by atoms with Gasteiger partial charge in [0.1, 0.15) is 19.8 Å². The average molecular weight is 300 g/mol. The van der Waals surface area contributed by atoms with E-state index in [2.05, 4.69) is 20.3 Å². The molecule has 22 heavy (non-hydrogen) atoms. The van der Waals surface area contributed by atoms with Gasteiger partial charge < -0.3 is 5.32 Å². The molecule has 1 unspecified atom stereocenters. The van der Waals surface area contributed by atoms with E-state index in [1.807, 2.05) is 0 Å². The molecular weight excluding hydrogens is 285 g/mol. The lowest BCUT2D eigenvalue weighted by atomic mass is 9.82. The molecule has 2 heterocycles. The summed E-state index contributed by atoms with van der Waals surface area (Å²) in [6.45, 7) is 0. The van der Waals surface area contributed by atoms with Gasteiger partial charge in [-0.3, -0.25) is 4.98 Å². The van der Waals surface area contributed by atoms with E-state index in [1.54, 1.807) is 0 Å². The lowest BCUT2D eigenvalue weighted by Crippen LogP contribution is -2.33. The smallest absolute Gasteiger partial charge is 0.222 e. The van der Waals surface area contributed by atoms with Crippen LogP contribution in [0.5, 0.6) is 0 Å². The van der Waals surface area contributed by atoms with Gasteiger partial charge in [-0.15, -0.1) is 0 Å². The van der Waals surface area contributed by atoms with Gasteiger partial charge in [-0.2, -0.15) is 0 Å². The maximum atomic E-state index is 14.0. The predicted octanol–water partition coefficient (Wildman–Crippen LogP) is 1.89. The fourth-order valence-corrected chi connectivity index (χ4v) is 2.88. The van der Waals surface area contributed by atoms with E-state index < -0.39 is 6.17 Å². The molecular formula is C15H15BF2N4. The summed E-state index contributed by atoms with van der Waals surface area (Å²) < 4.78 is 27.9. The summed E-state index contributed by atoms with van der Waals surface area (Å²) in [7, 11) is 5.53. The zero-order valence-electron chi connectivity index (χ0n) is 11.9. The Morgan fingerprint density at radius 1 is 1.14 bits per heavy atom. The molecule has 3 atom stereocenters. The number of hydrogen-bond donors (Lipinski definition) is 1. The fourth-order valence-electron chi connectivity index (χ4n) is 2.88. The van der Waals surface area contributed by atoms with Crippen LogP contribution in [-0.2, 0) is 0 Å². The number of alkyl halides is 1. The Bertz CT molecular complexity index is 638. The average Bonchev–Trinajstić information content (AvgIpc) is 2.49. The highest BCUT2D eigenvalue weighted by Crippen LogP contribution is 2.35. The quantitative estimate of drug-likeness (QED) is 0.880. The molecule has 2 aromatic rings. The van der Waals surface area contributed by atoms with E-state index >= 15 is 0 Å². The van der Waals surface area contributed by atoms with Crippen LogP contribution in [0.2, 0.25) is 0 Å². The van der Waals surface area contributed by atoms with Crippen LogP contribution in [0.15, 0.2) is 30.7 Å². The molecule has 4 nitrogen and oxygen atoms in total. The zero-order valence-corrected chi connectivity index (χ0v) is 11.9. The Kier molecular flexibility index (Phi) is 4.31. The van der Waals surface area contributed by atoms with Crippen LogP contribution >= 0.6 is 0 Å². The van der Waals surface area contributed by atoms with E-state index in [0.717, 1.165) is 0 Å². The summed E-state index contributed by atoms with van der Waals surface area (Å²) in [4.78, 5) is 12.2. The molecule has 1 N–H and O–H groups in total. The van der Waals surface area contributed by atoms with Crippen LogP contribution in [0.25, 0.3) is 0 Å². The fraction of sp³-hybridized carbons (Fsp3) is 0.400. The Hall–Kier alpha value is -2.05. The molecule has 2 aromatic heterocycles. The van der Waals surface area contributed by atoms with Gasteiger partial charge in [0, 0.05) is 30.6 Å². The first kappa shape index (κ1) is 14.9. The normalized spacial score (nSPS) is 24.9. The van der Waals surface area contributed by atoms with E-state index in [-0.39, 0.29) is 24.2 Å². The standard InChI is InChI=1S/C15H15BF2N4/c16-10-7-20-15(21-8-10)22-12-5-9(4-11(17)6-12)14-13(18)2-1-3-19-14/h1-3,7-9,11-12H,4-6H2,(H,20,21,22)/t9?,11-,12+/m0/s1. The molecule has 112 valence electrons. The number of halogens is 2. The minimum absolute atomic E-state index is 0.168. The second-order valence-corrected chi connectivity index (χ2v) is 5.55. The van der Waals surface area contributed by atoms with Crippen molar-refractivity contribution in [2.24, 2.45) is 0 Å². The third-order valence-corrected chi connectivity index (χ3v) is 3.83. The van der Waals surface area contributed by atoms with E-state index in [4.69, 9.17) is 7.85 Å². The number of hydrogen-bond acceptors (Lipinski definition) is 4. The van der Waals surface area contributed by atoms with Crippen LogP contribution in [0, 0.1) is 5.82 Å². The van der Waals surface area contributed by atoms with Crippen LogP contribution in [0.3, 0.4) is 0 Å². The molecule has 1 saturated carbocycles. The highest BCUT2D eigenvalue weighted by atomic mass is 19.1. The zero-order chi connectivity index (χ0) is 15.5. The van der Waals surface area contributed by atoms with Crippen LogP contribution in [0.4, 0.5) is 14.7 Å². The maximum absolute atomic E-state index is 14.0. The van der Waals surface area contributed by atoms with E-state index in [0.29, 0.717) is 29.9 Å². The molecule has 0 spiro atoms. The maximum Gasteiger partial charge on any atom is 0.222 e. The number of nitrogens with one attached hydrogen (secondary N) is 1. The van der Waals surface area contributed by atoms with Crippen LogP contribution in [-0.4, -0.2) is 35.0 Å². The monoisotopic (exact) mass is 300 g/mol. The lowest BCUT2D eigenvalue weighted by molar-refractivity contribution is 0.215. The van der Waals surface area contributed by atoms with Gasteiger partial charge in [0.15, 0.2) is 0 Å². The Morgan fingerprint density at radius 3 is 2.64 bits per heavy atom. The van der Waals surface area contributed by atoms with Gasteiger partial charge >= 0.3 is 0 Å². The van der Waals surface area contributed by atoms with Gasteiger partial charge in [-0.05, 0) is 31.4 Å². The van der Waals surface area contributed by atoms with Crippen molar-refractivity contribution in [2.45, 2.75) is 37.4 Å². The number of rotatable bonds is 3. The van der Waals surface area contributed by atoms with Crippen molar-refractivity contribution in [1.29, 1.82) is 0 Å². The number of nitrogens with zero attached hydrogens (tertiary/aromatic N) is 3. The van der Waals surface area contributed by atoms with Crippen molar-refractivity contribution >= 4 is 19.3 Å². The Balaban J connectivity index is 1.73. The molecule has 2 radical (unpaired) electrons. The van der Waals surface area contributed by atoms with Crippen molar-refractivity contribution in [2.75, 3.05) is 5.32 Å². The second-order valence-electron chi connectivity index (χ2n) is 5.55. The second kappa shape index (κ2) is 6.38. The molecule has 1 fully saturated rings. The van der Waals surface area contributed by atoms with Crippen molar-refractivity contribution < 1.29 is 8.78 Å².